The Labute approximate surface area is 111 Å². The molecular formula is C14H17FN4. The minimum Gasteiger partial charge on any atom is -0.317 e. The van der Waals surface area contributed by atoms with Crippen LogP contribution in [0.1, 0.15) is 24.6 Å². The molecule has 1 aliphatic heterocycles. The Morgan fingerprint density at radius 2 is 1.84 bits per heavy atom. The van der Waals surface area contributed by atoms with Crippen LogP contribution in [0.2, 0.25) is 0 Å². The van der Waals surface area contributed by atoms with Gasteiger partial charge in [0.2, 0.25) is 0 Å². The summed E-state index contributed by atoms with van der Waals surface area (Å²) in [6.45, 7) is 2.06. The highest BCUT2D eigenvalue weighted by atomic mass is 19.1. The highest BCUT2D eigenvalue weighted by Gasteiger charge is 2.21. The van der Waals surface area contributed by atoms with Crippen molar-refractivity contribution in [2.24, 2.45) is 7.05 Å². The number of nitrogens with zero attached hydrogens (tertiary/aromatic N) is 3. The van der Waals surface area contributed by atoms with E-state index in [2.05, 4.69) is 15.5 Å². The Bertz CT molecular complexity index is 555. The minimum absolute atomic E-state index is 0.232. The second kappa shape index (κ2) is 5.09. The first-order chi connectivity index (χ1) is 9.25. The van der Waals surface area contributed by atoms with Gasteiger partial charge in [0.05, 0.1) is 0 Å². The third-order valence-electron chi connectivity index (χ3n) is 3.72. The molecule has 3 rings (SSSR count). The lowest BCUT2D eigenvalue weighted by Crippen LogP contribution is -2.27. The van der Waals surface area contributed by atoms with Crippen molar-refractivity contribution in [1.29, 1.82) is 0 Å². The molecular weight excluding hydrogens is 243 g/mol. The van der Waals surface area contributed by atoms with Gasteiger partial charge in [-0.05, 0) is 50.2 Å². The van der Waals surface area contributed by atoms with E-state index in [0.29, 0.717) is 5.92 Å². The highest BCUT2D eigenvalue weighted by molar-refractivity contribution is 5.55. The summed E-state index contributed by atoms with van der Waals surface area (Å²) >= 11 is 0. The lowest BCUT2D eigenvalue weighted by molar-refractivity contribution is 0.436. The van der Waals surface area contributed by atoms with Gasteiger partial charge in [-0.1, -0.05) is 0 Å². The summed E-state index contributed by atoms with van der Waals surface area (Å²) < 4.78 is 15.0. The number of nitrogens with one attached hydrogen (secondary N) is 1. The van der Waals surface area contributed by atoms with Gasteiger partial charge in [0.15, 0.2) is 5.82 Å². The number of piperidine rings is 1. The van der Waals surface area contributed by atoms with Crippen molar-refractivity contribution in [2.45, 2.75) is 18.8 Å². The van der Waals surface area contributed by atoms with E-state index in [1.807, 2.05) is 11.6 Å². The van der Waals surface area contributed by atoms with E-state index >= 15 is 0 Å². The number of halogens is 1. The summed E-state index contributed by atoms with van der Waals surface area (Å²) in [4.78, 5) is 0. The van der Waals surface area contributed by atoms with Crippen molar-refractivity contribution in [2.75, 3.05) is 13.1 Å². The van der Waals surface area contributed by atoms with Gasteiger partial charge < -0.3 is 9.88 Å². The van der Waals surface area contributed by atoms with Gasteiger partial charge in [0, 0.05) is 18.5 Å². The number of rotatable bonds is 2. The zero-order valence-electron chi connectivity index (χ0n) is 10.9. The van der Waals surface area contributed by atoms with Crippen molar-refractivity contribution >= 4 is 0 Å². The van der Waals surface area contributed by atoms with Crippen LogP contribution >= 0.6 is 0 Å². The molecule has 1 fully saturated rings. The second-order valence-electron chi connectivity index (χ2n) is 4.97. The fraction of sp³-hybridized carbons (Fsp3) is 0.429. The molecule has 0 aliphatic carbocycles. The molecule has 0 radical (unpaired) electrons. The van der Waals surface area contributed by atoms with Gasteiger partial charge in [0.25, 0.3) is 0 Å². The summed E-state index contributed by atoms with van der Waals surface area (Å²) in [5, 5.41) is 11.9. The van der Waals surface area contributed by atoms with Gasteiger partial charge in [-0.25, -0.2) is 4.39 Å². The van der Waals surface area contributed by atoms with E-state index in [0.717, 1.165) is 43.1 Å². The molecule has 4 nitrogen and oxygen atoms in total. The molecule has 1 aliphatic rings. The molecule has 1 N–H and O–H groups in total. The Kier molecular flexibility index (Phi) is 3.29. The molecule has 0 atom stereocenters. The fourth-order valence-electron chi connectivity index (χ4n) is 2.63. The molecule has 5 heteroatoms. The Morgan fingerprint density at radius 3 is 2.53 bits per heavy atom. The van der Waals surface area contributed by atoms with Gasteiger partial charge in [0.1, 0.15) is 11.6 Å². The van der Waals surface area contributed by atoms with E-state index in [-0.39, 0.29) is 5.82 Å². The monoisotopic (exact) mass is 260 g/mol. The Morgan fingerprint density at radius 1 is 1.16 bits per heavy atom. The summed E-state index contributed by atoms with van der Waals surface area (Å²) in [7, 11) is 1.98. The van der Waals surface area contributed by atoms with E-state index in [4.69, 9.17) is 0 Å². The summed E-state index contributed by atoms with van der Waals surface area (Å²) in [5.74, 6) is 2.06. The largest absolute Gasteiger partial charge is 0.317 e. The van der Waals surface area contributed by atoms with Crippen LogP contribution in [0.3, 0.4) is 0 Å². The predicted octanol–water partition coefficient (Wildman–Crippen LogP) is 2.09. The van der Waals surface area contributed by atoms with Crippen LogP contribution in [-0.4, -0.2) is 27.9 Å². The lowest BCUT2D eigenvalue weighted by Gasteiger charge is -2.21. The summed E-state index contributed by atoms with van der Waals surface area (Å²) in [6.07, 6.45) is 2.19. The van der Waals surface area contributed by atoms with Crippen molar-refractivity contribution in [3.8, 4) is 11.4 Å². The van der Waals surface area contributed by atoms with Gasteiger partial charge in [-0.2, -0.15) is 0 Å². The van der Waals surface area contributed by atoms with Crippen LogP contribution in [0.5, 0.6) is 0 Å². The molecule has 19 heavy (non-hydrogen) atoms. The molecule has 1 saturated heterocycles. The molecule has 1 aromatic carbocycles. The smallest absolute Gasteiger partial charge is 0.163 e. The quantitative estimate of drug-likeness (QED) is 0.899. The molecule has 0 spiro atoms. The first kappa shape index (κ1) is 12.3. The average Bonchev–Trinajstić information content (AvgIpc) is 2.83. The summed E-state index contributed by atoms with van der Waals surface area (Å²) in [5.41, 5.74) is 0.900. The molecule has 2 aromatic rings. The van der Waals surface area contributed by atoms with E-state index < -0.39 is 0 Å². The van der Waals surface area contributed by atoms with E-state index in [9.17, 15) is 4.39 Å². The van der Waals surface area contributed by atoms with Crippen molar-refractivity contribution < 1.29 is 4.39 Å². The number of hydrogen-bond donors (Lipinski definition) is 1. The first-order valence-electron chi connectivity index (χ1n) is 6.61. The molecule has 100 valence electrons. The molecule has 0 bridgehead atoms. The topological polar surface area (TPSA) is 42.7 Å². The number of aromatic nitrogens is 3. The second-order valence-corrected chi connectivity index (χ2v) is 4.97. The third kappa shape index (κ3) is 2.38. The minimum atomic E-state index is -0.232. The Balaban J connectivity index is 1.91. The van der Waals surface area contributed by atoms with Crippen molar-refractivity contribution in [3.63, 3.8) is 0 Å². The predicted molar refractivity (Wildman–Crippen MR) is 71.2 cm³/mol. The van der Waals surface area contributed by atoms with Crippen molar-refractivity contribution in [3.05, 3.63) is 35.9 Å². The maximum atomic E-state index is 12.9. The lowest BCUT2D eigenvalue weighted by atomic mass is 9.97. The molecule has 0 saturated carbocycles. The molecule has 0 unspecified atom stereocenters. The fourth-order valence-corrected chi connectivity index (χ4v) is 2.63. The zero-order valence-corrected chi connectivity index (χ0v) is 10.9. The van der Waals surface area contributed by atoms with Crippen LogP contribution in [0.4, 0.5) is 4.39 Å². The van der Waals surface area contributed by atoms with Gasteiger partial charge in [-0.3, -0.25) is 0 Å². The Hall–Kier alpha value is -1.75. The molecule has 1 aromatic heterocycles. The highest BCUT2D eigenvalue weighted by Crippen LogP contribution is 2.26. The zero-order chi connectivity index (χ0) is 13.2. The maximum absolute atomic E-state index is 12.9. The average molecular weight is 260 g/mol. The molecule has 0 amide bonds. The van der Waals surface area contributed by atoms with Gasteiger partial charge >= 0.3 is 0 Å². The number of hydrogen-bond acceptors (Lipinski definition) is 3. The SMILES string of the molecule is Cn1c(-c2ccc(F)cc2)nnc1C1CCNCC1. The van der Waals surface area contributed by atoms with Crippen LogP contribution in [0, 0.1) is 5.82 Å². The van der Waals surface area contributed by atoms with Crippen molar-refractivity contribution in [1.82, 2.24) is 20.1 Å². The van der Waals surface area contributed by atoms with Crippen LogP contribution in [-0.2, 0) is 7.05 Å². The van der Waals surface area contributed by atoms with Crippen LogP contribution < -0.4 is 5.32 Å². The van der Waals surface area contributed by atoms with Gasteiger partial charge in [-0.15, -0.1) is 10.2 Å². The van der Waals surface area contributed by atoms with E-state index in [1.54, 1.807) is 12.1 Å². The normalized spacial score (nSPS) is 16.7. The number of benzene rings is 1. The first-order valence-corrected chi connectivity index (χ1v) is 6.61. The van der Waals surface area contributed by atoms with E-state index in [1.165, 1.54) is 12.1 Å². The standard InChI is InChI=1S/C14H17FN4/c1-19-13(10-2-4-12(15)5-3-10)17-18-14(19)11-6-8-16-9-7-11/h2-5,11,16H,6-9H2,1H3. The van der Waals surface area contributed by atoms with Crippen LogP contribution in [0.15, 0.2) is 24.3 Å². The molecule has 2 heterocycles. The summed E-state index contributed by atoms with van der Waals surface area (Å²) in [6, 6.07) is 6.39. The third-order valence-corrected chi connectivity index (χ3v) is 3.72. The maximum Gasteiger partial charge on any atom is 0.163 e. The van der Waals surface area contributed by atoms with Crippen LogP contribution in [0.25, 0.3) is 11.4 Å².